The molecule has 1 aliphatic carbocycles. The second kappa shape index (κ2) is 9.81. The first-order chi connectivity index (χ1) is 19.1. The number of benzene rings is 1. The lowest BCUT2D eigenvalue weighted by atomic mass is 9.86. The van der Waals surface area contributed by atoms with Crippen molar-refractivity contribution in [2.75, 3.05) is 10.6 Å². The second-order valence-electron chi connectivity index (χ2n) is 10.9. The van der Waals surface area contributed by atoms with E-state index in [0.29, 0.717) is 58.6 Å². The second-order valence-corrected chi connectivity index (χ2v) is 10.9. The molecule has 2 aliphatic rings. The predicted octanol–water partition coefficient (Wildman–Crippen LogP) is 4.90. The number of aromatic nitrogens is 4. The van der Waals surface area contributed by atoms with Crippen molar-refractivity contribution in [3.05, 3.63) is 65.0 Å². The molecule has 0 saturated heterocycles. The van der Waals surface area contributed by atoms with Gasteiger partial charge in [0.15, 0.2) is 17.2 Å². The fraction of sp³-hybridized carbons (Fsp3) is 0.379. The van der Waals surface area contributed by atoms with Crippen LogP contribution in [0.1, 0.15) is 56.4 Å². The Labute approximate surface area is 229 Å². The molecular weight excluding hydrogens is 518 g/mol. The Morgan fingerprint density at radius 2 is 1.82 bits per heavy atom. The van der Waals surface area contributed by atoms with Gasteiger partial charge in [-0.2, -0.15) is 0 Å². The normalized spacial score (nSPS) is 19.9. The Hall–Kier alpha value is -4.12. The van der Waals surface area contributed by atoms with Crippen LogP contribution in [0.4, 0.5) is 20.4 Å². The van der Waals surface area contributed by atoms with Crippen molar-refractivity contribution in [2.24, 2.45) is 0 Å². The van der Waals surface area contributed by atoms with Crippen LogP contribution < -0.4 is 15.4 Å². The molecule has 208 valence electrons. The van der Waals surface area contributed by atoms with Gasteiger partial charge in [-0.25, -0.2) is 23.7 Å². The van der Waals surface area contributed by atoms with E-state index in [-0.39, 0.29) is 30.2 Å². The lowest BCUT2D eigenvalue weighted by Crippen LogP contribution is -2.31. The van der Waals surface area contributed by atoms with Crippen molar-refractivity contribution >= 4 is 23.2 Å². The molecule has 0 unspecified atom stereocenters. The van der Waals surface area contributed by atoms with Crippen molar-refractivity contribution in [3.8, 4) is 17.3 Å². The largest absolute Gasteiger partial charge is 0.485 e. The fourth-order valence-electron chi connectivity index (χ4n) is 5.50. The summed E-state index contributed by atoms with van der Waals surface area (Å²) in [5.74, 6) is 0.178. The predicted molar refractivity (Wildman–Crippen MR) is 145 cm³/mol. The van der Waals surface area contributed by atoms with Crippen LogP contribution in [-0.2, 0) is 16.8 Å². The average molecular weight is 549 g/mol. The van der Waals surface area contributed by atoms with Crippen LogP contribution in [0.15, 0.2) is 36.5 Å². The quantitative estimate of drug-likeness (QED) is 0.314. The summed E-state index contributed by atoms with van der Waals surface area (Å²) in [7, 11) is 0. The number of aryl methyl sites for hydroxylation is 1. The number of ether oxygens (including phenoxy) is 1. The van der Waals surface area contributed by atoms with Gasteiger partial charge in [-0.05, 0) is 70.7 Å². The van der Waals surface area contributed by atoms with Gasteiger partial charge in [0.2, 0.25) is 5.91 Å². The first kappa shape index (κ1) is 26.1. The van der Waals surface area contributed by atoms with Gasteiger partial charge in [-0.3, -0.25) is 9.20 Å². The minimum Gasteiger partial charge on any atom is -0.485 e. The minimum atomic E-state index is -0.831. The Morgan fingerprint density at radius 3 is 2.55 bits per heavy atom. The van der Waals surface area contributed by atoms with Gasteiger partial charge in [-0.1, -0.05) is 6.07 Å². The van der Waals surface area contributed by atoms with Crippen LogP contribution in [-0.4, -0.2) is 42.5 Å². The number of pyridine rings is 1. The maximum absolute atomic E-state index is 14.2. The van der Waals surface area contributed by atoms with Crippen LogP contribution in [0.25, 0.3) is 17.2 Å². The maximum atomic E-state index is 14.2. The van der Waals surface area contributed by atoms with Crippen molar-refractivity contribution < 1.29 is 23.4 Å². The smallest absolute Gasteiger partial charge is 0.235 e. The van der Waals surface area contributed by atoms with Gasteiger partial charge >= 0.3 is 0 Å². The van der Waals surface area contributed by atoms with Gasteiger partial charge < -0.3 is 20.5 Å². The molecule has 40 heavy (non-hydrogen) atoms. The number of aliphatic hydroxyl groups is 1. The first-order valence-corrected chi connectivity index (χ1v) is 13.4. The van der Waals surface area contributed by atoms with Crippen molar-refractivity contribution in [3.63, 3.8) is 0 Å². The highest BCUT2D eigenvalue weighted by atomic mass is 19.1. The lowest BCUT2D eigenvalue weighted by molar-refractivity contribution is -0.119. The van der Waals surface area contributed by atoms with Crippen LogP contribution in [0, 0.1) is 18.6 Å². The topological polar surface area (TPSA) is 114 Å². The molecule has 11 heteroatoms. The summed E-state index contributed by atoms with van der Waals surface area (Å²) in [5, 5.41) is 16.4. The van der Waals surface area contributed by atoms with Crippen LogP contribution >= 0.6 is 0 Å². The molecule has 1 aromatic carbocycles. The zero-order valence-electron chi connectivity index (χ0n) is 22.5. The van der Waals surface area contributed by atoms with E-state index in [9.17, 15) is 18.7 Å². The molecule has 1 saturated carbocycles. The van der Waals surface area contributed by atoms with Gasteiger partial charge in [0, 0.05) is 12.2 Å². The molecule has 6 rings (SSSR count). The standard InChI is InChI=1S/C29H30F2N6O3/c1-15-23(37-13-5-8-21(27(37)32-15)40-14-18-19(30)6-4-7-20(18)31)26-34-24(33-16-9-11-17(38)12-10-16)22-25(35-26)36-28(39)29(22,2)3/h4-8,13,16-17,38H,9-12,14H2,1-3H3,(H2,33,34,35,36,39)/t16-,17-. The van der Waals surface area contributed by atoms with Gasteiger partial charge in [0.25, 0.3) is 0 Å². The molecular formula is C29H30F2N6O3. The van der Waals surface area contributed by atoms with Crippen LogP contribution in [0.5, 0.6) is 5.75 Å². The number of nitrogens with one attached hydrogen (secondary N) is 2. The van der Waals surface area contributed by atoms with Gasteiger partial charge in [0.1, 0.15) is 35.6 Å². The number of fused-ring (bicyclic) bond motifs is 2. The number of halogens is 2. The Kier molecular flexibility index (Phi) is 6.41. The third kappa shape index (κ3) is 4.43. The molecule has 1 fully saturated rings. The van der Waals surface area contributed by atoms with Crippen molar-refractivity contribution in [1.29, 1.82) is 0 Å². The van der Waals surface area contributed by atoms with E-state index in [1.807, 2.05) is 20.8 Å². The third-order valence-corrected chi connectivity index (χ3v) is 7.81. The number of aliphatic hydroxyl groups excluding tert-OH is 1. The molecule has 1 aliphatic heterocycles. The fourth-order valence-corrected chi connectivity index (χ4v) is 5.50. The van der Waals surface area contributed by atoms with Gasteiger partial charge in [0.05, 0.1) is 28.3 Å². The summed E-state index contributed by atoms with van der Waals surface area (Å²) in [6.45, 7) is 5.19. The minimum absolute atomic E-state index is 0.101. The Morgan fingerprint density at radius 1 is 1.10 bits per heavy atom. The van der Waals surface area contributed by atoms with E-state index >= 15 is 0 Å². The molecule has 9 nitrogen and oxygen atoms in total. The molecule has 1 amide bonds. The molecule has 0 atom stereocenters. The first-order valence-electron chi connectivity index (χ1n) is 13.4. The summed E-state index contributed by atoms with van der Waals surface area (Å²) in [5.41, 5.74) is 1.36. The van der Waals surface area contributed by atoms with Crippen LogP contribution in [0.3, 0.4) is 0 Å². The highest BCUT2D eigenvalue weighted by Gasteiger charge is 2.43. The number of amides is 1. The number of hydrogen-bond donors (Lipinski definition) is 3. The molecule has 3 aromatic heterocycles. The number of nitrogens with zero attached hydrogens (tertiary/aromatic N) is 4. The van der Waals surface area contributed by atoms with E-state index in [1.165, 1.54) is 18.2 Å². The van der Waals surface area contributed by atoms with E-state index < -0.39 is 17.0 Å². The molecule has 3 N–H and O–H groups in total. The van der Waals surface area contributed by atoms with Crippen molar-refractivity contribution in [1.82, 2.24) is 19.4 Å². The third-order valence-electron chi connectivity index (χ3n) is 7.81. The van der Waals surface area contributed by atoms with Crippen LogP contribution in [0.2, 0.25) is 0 Å². The molecule has 4 aromatic rings. The van der Waals surface area contributed by atoms with E-state index in [1.54, 1.807) is 22.7 Å². The summed E-state index contributed by atoms with van der Waals surface area (Å²) < 4.78 is 35.9. The Bertz CT molecular complexity index is 1610. The zero-order chi connectivity index (χ0) is 28.2. The average Bonchev–Trinajstić information content (AvgIpc) is 3.37. The summed E-state index contributed by atoms with van der Waals surface area (Å²) in [4.78, 5) is 27.2. The molecule has 4 heterocycles. The Balaban J connectivity index is 1.40. The number of hydrogen-bond acceptors (Lipinski definition) is 7. The summed E-state index contributed by atoms with van der Waals surface area (Å²) in [6.07, 6.45) is 4.46. The van der Waals surface area contributed by atoms with E-state index in [0.717, 1.165) is 12.8 Å². The number of imidazole rings is 1. The highest BCUT2D eigenvalue weighted by Crippen LogP contribution is 2.42. The number of rotatable bonds is 6. The number of anilines is 2. The molecule has 0 spiro atoms. The van der Waals surface area contributed by atoms with Crippen molar-refractivity contribution in [2.45, 2.75) is 70.6 Å². The van der Waals surface area contributed by atoms with Gasteiger partial charge in [-0.15, -0.1) is 0 Å². The maximum Gasteiger partial charge on any atom is 0.235 e. The SMILES string of the molecule is Cc1nc2c(OCc3c(F)cccc3F)cccn2c1-c1nc2c(c(N[C@H]3CC[C@H](O)CC3)n1)C(C)(C)C(=O)N2. The number of carbonyl (C=O) groups excluding carboxylic acids is 1. The zero-order valence-corrected chi connectivity index (χ0v) is 22.5. The molecule has 0 bridgehead atoms. The summed E-state index contributed by atoms with van der Waals surface area (Å²) >= 11 is 0. The highest BCUT2D eigenvalue weighted by molar-refractivity contribution is 6.06. The summed E-state index contributed by atoms with van der Waals surface area (Å²) in [6, 6.07) is 7.21. The van der Waals surface area contributed by atoms with E-state index in [4.69, 9.17) is 14.7 Å². The monoisotopic (exact) mass is 548 g/mol. The lowest BCUT2D eigenvalue weighted by Gasteiger charge is -2.28. The van der Waals surface area contributed by atoms with E-state index in [2.05, 4.69) is 15.6 Å². The molecule has 0 radical (unpaired) electrons. The number of carbonyl (C=O) groups is 1.